The summed E-state index contributed by atoms with van der Waals surface area (Å²) in [5, 5.41) is 5.34. The molecule has 2 aromatic rings. The second kappa shape index (κ2) is 4.43. The van der Waals surface area contributed by atoms with E-state index in [4.69, 9.17) is 5.73 Å². The van der Waals surface area contributed by atoms with Gasteiger partial charge >= 0.3 is 0 Å². The van der Waals surface area contributed by atoms with Gasteiger partial charge in [-0.15, -0.1) is 22.7 Å². The van der Waals surface area contributed by atoms with Gasteiger partial charge in [-0.1, -0.05) is 0 Å². The van der Waals surface area contributed by atoms with Crippen LogP contribution in [0.4, 0.5) is 0 Å². The van der Waals surface area contributed by atoms with Crippen LogP contribution in [-0.2, 0) is 6.42 Å². The maximum atomic E-state index is 6.12. The summed E-state index contributed by atoms with van der Waals surface area (Å²) in [6, 6.07) is 2.25. The zero-order valence-electron chi connectivity index (χ0n) is 8.86. The van der Waals surface area contributed by atoms with E-state index in [2.05, 4.69) is 28.7 Å². The minimum Gasteiger partial charge on any atom is -0.324 e. The van der Waals surface area contributed by atoms with Crippen LogP contribution in [0.25, 0.3) is 0 Å². The number of thiophene rings is 1. The number of aryl methyl sites for hydroxylation is 2. The molecule has 0 amide bonds. The van der Waals surface area contributed by atoms with E-state index in [-0.39, 0.29) is 6.04 Å². The van der Waals surface area contributed by atoms with E-state index in [1.807, 2.05) is 6.92 Å². The largest absolute Gasteiger partial charge is 0.324 e. The normalized spacial score (nSPS) is 13.0. The van der Waals surface area contributed by atoms with Crippen molar-refractivity contribution < 1.29 is 0 Å². The molecule has 2 N–H and O–H groups in total. The number of hydrogen-bond acceptors (Lipinski definition) is 4. The van der Waals surface area contributed by atoms with Crippen molar-refractivity contribution >= 4 is 22.7 Å². The van der Waals surface area contributed by atoms with Gasteiger partial charge in [0.25, 0.3) is 0 Å². The summed E-state index contributed by atoms with van der Waals surface area (Å²) in [6.07, 6.45) is 0.842. The van der Waals surface area contributed by atoms with Crippen molar-refractivity contribution in [1.29, 1.82) is 0 Å². The second-order valence-corrected chi connectivity index (χ2v) is 5.74. The molecule has 0 aliphatic rings. The lowest BCUT2D eigenvalue weighted by Gasteiger charge is -2.06. The van der Waals surface area contributed by atoms with Crippen LogP contribution < -0.4 is 5.73 Å². The van der Waals surface area contributed by atoms with Crippen molar-refractivity contribution in [2.24, 2.45) is 5.73 Å². The van der Waals surface area contributed by atoms with Gasteiger partial charge in [0.2, 0.25) is 0 Å². The fourth-order valence-corrected chi connectivity index (χ4v) is 3.06. The van der Waals surface area contributed by atoms with E-state index in [9.17, 15) is 0 Å². The average molecular weight is 238 g/mol. The summed E-state index contributed by atoms with van der Waals surface area (Å²) in [5.74, 6) is 0. The summed E-state index contributed by atoms with van der Waals surface area (Å²) in [7, 11) is 0. The van der Waals surface area contributed by atoms with Crippen LogP contribution in [-0.4, -0.2) is 4.98 Å². The molecule has 0 radical (unpaired) electrons. The van der Waals surface area contributed by atoms with E-state index in [0.717, 1.165) is 17.1 Å². The molecule has 0 saturated carbocycles. The van der Waals surface area contributed by atoms with Crippen LogP contribution in [0.5, 0.6) is 0 Å². The fraction of sp³-hybridized carbons (Fsp3) is 0.364. The lowest BCUT2D eigenvalue weighted by atomic mass is 10.1. The summed E-state index contributed by atoms with van der Waals surface area (Å²) in [6.45, 7) is 4.12. The fourth-order valence-electron chi connectivity index (χ4n) is 1.46. The zero-order valence-corrected chi connectivity index (χ0v) is 10.5. The van der Waals surface area contributed by atoms with Crippen molar-refractivity contribution in [3.8, 4) is 0 Å². The second-order valence-electron chi connectivity index (χ2n) is 3.68. The summed E-state index contributed by atoms with van der Waals surface area (Å²) >= 11 is 3.44. The lowest BCUT2D eigenvalue weighted by Crippen LogP contribution is -2.12. The molecular formula is C11H14N2S2. The van der Waals surface area contributed by atoms with Gasteiger partial charge in [0.05, 0.1) is 5.01 Å². The van der Waals surface area contributed by atoms with E-state index < -0.39 is 0 Å². The molecule has 1 unspecified atom stereocenters. The van der Waals surface area contributed by atoms with Gasteiger partial charge in [-0.05, 0) is 30.9 Å². The molecule has 80 valence electrons. The number of aromatic nitrogens is 1. The Morgan fingerprint density at radius 1 is 1.33 bits per heavy atom. The average Bonchev–Trinajstić information content (AvgIpc) is 2.75. The first-order valence-electron chi connectivity index (χ1n) is 4.87. The Hall–Kier alpha value is -0.710. The highest BCUT2D eigenvalue weighted by Gasteiger charge is 2.10. The van der Waals surface area contributed by atoms with Gasteiger partial charge in [0.15, 0.2) is 0 Å². The third-order valence-corrected chi connectivity index (χ3v) is 4.11. The van der Waals surface area contributed by atoms with Crippen molar-refractivity contribution in [3.63, 3.8) is 0 Å². The molecule has 0 spiro atoms. The highest BCUT2D eigenvalue weighted by atomic mass is 32.1. The van der Waals surface area contributed by atoms with Gasteiger partial charge in [-0.3, -0.25) is 0 Å². The van der Waals surface area contributed by atoms with Gasteiger partial charge in [0, 0.05) is 28.4 Å². The van der Waals surface area contributed by atoms with E-state index in [1.165, 1.54) is 10.4 Å². The molecule has 2 aromatic heterocycles. The summed E-state index contributed by atoms with van der Waals surface area (Å²) in [4.78, 5) is 5.74. The smallest absolute Gasteiger partial charge is 0.0947 e. The predicted octanol–water partition coefficient (Wildman–Crippen LogP) is 3.06. The third kappa shape index (κ3) is 2.65. The van der Waals surface area contributed by atoms with E-state index in [1.54, 1.807) is 22.7 Å². The highest BCUT2D eigenvalue weighted by molar-refractivity contribution is 7.10. The van der Waals surface area contributed by atoms with Gasteiger partial charge in [0.1, 0.15) is 0 Å². The Kier molecular flexibility index (Phi) is 3.19. The van der Waals surface area contributed by atoms with Gasteiger partial charge < -0.3 is 5.73 Å². The van der Waals surface area contributed by atoms with Crippen molar-refractivity contribution in [3.05, 3.63) is 38.0 Å². The van der Waals surface area contributed by atoms with E-state index >= 15 is 0 Å². The Balaban J connectivity index is 2.06. The molecule has 4 heteroatoms. The quantitative estimate of drug-likeness (QED) is 0.892. The SMILES string of the molecule is Cc1csc(CC(N)c2csc(C)c2)n1. The summed E-state index contributed by atoms with van der Waals surface area (Å²) < 4.78 is 0. The maximum Gasteiger partial charge on any atom is 0.0947 e. The van der Waals surface area contributed by atoms with Crippen LogP contribution >= 0.6 is 22.7 Å². The zero-order chi connectivity index (χ0) is 10.8. The molecule has 0 aromatic carbocycles. The first-order valence-corrected chi connectivity index (χ1v) is 6.62. The molecule has 0 aliphatic heterocycles. The van der Waals surface area contributed by atoms with Crippen LogP contribution in [0.3, 0.4) is 0 Å². The molecule has 0 fully saturated rings. The monoisotopic (exact) mass is 238 g/mol. The molecule has 0 saturated heterocycles. The maximum absolute atomic E-state index is 6.12. The number of hydrogen-bond donors (Lipinski definition) is 1. The molecule has 0 bridgehead atoms. The third-order valence-electron chi connectivity index (χ3n) is 2.24. The van der Waals surface area contributed by atoms with Crippen LogP contribution in [0.1, 0.15) is 27.2 Å². The Bertz CT molecular complexity index is 445. The highest BCUT2D eigenvalue weighted by Crippen LogP contribution is 2.22. The van der Waals surface area contributed by atoms with Crippen molar-refractivity contribution in [2.75, 3.05) is 0 Å². The van der Waals surface area contributed by atoms with Crippen molar-refractivity contribution in [2.45, 2.75) is 26.3 Å². The molecule has 2 rings (SSSR count). The minimum absolute atomic E-state index is 0.0838. The molecular weight excluding hydrogens is 224 g/mol. The summed E-state index contributed by atoms with van der Waals surface area (Å²) in [5.41, 5.74) is 8.44. The van der Waals surface area contributed by atoms with Gasteiger partial charge in [-0.2, -0.15) is 0 Å². The van der Waals surface area contributed by atoms with Gasteiger partial charge in [-0.25, -0.2) is 4.98 Å². The van der Waals surface area contributed by atoms with Crippen molar-refractivity contribution in [1.82, 2.24) is 4.98 Å². The number of rotatable bonds is 3. The first kappa shape index (κ1) is 10.8. The number of nitrogens with two attached hydrogens (primary N) is 1. The lowest BCUT2D eigenvalue weighted by molar-refractivity contribution is 0.719. The first-order chi connectivity index (χ1) is 7.15. The Morgan fingerprint density at radius 2 is 2.13 bits per heavy atom. The topological polar surface area (TPSA) is 38.9 Å². The minimum atomic E-state index is 0.0838. The molecule has 1 atom stereocenters. The predicted molar refractivity (Wildman–Crippen MR) is 66.5 cm³/mol. The number of nitrogens with zero attached hydrogens (tertiary/aromatic N) is 1. The van der Waals surface area contributed by atoms with E-state index in [0.29, 0.717) is 0 Å². The molecule has 2 nitrogen and oxygen atoms in total. The Morgan fingerprint density at radius 3 is 2.67 bits per heavy atom. The van der Waals surface area contributed by atoms with Crippen LogP contribution in [0.2, 0.25) is 0 Å². The molecule has 15 heavy (non-hydrogen) atoms. The number of thiazole rings is 1. The molecule has 0 aliphatic carbocycles. The Labute approximate surface area is 97.8 Å². The standard InChI is InChI=1S/C11H14N2S2/c1-7-5-15-11(13-7)4-10(12)9-3-8(2)14-6-9/h3,5-6,10H,4,12H2,1-2H3. The van der Waals surface area contributed by atoms with Crippen LogP contribution in [0, 0.1) is 13.8 Å². The van der Waals surface area contributed by atoms with Crippen LogP contribution in [0.15, 0.2) is 16.8 Å². The molecule has 2 heterocycles.